The molecule has 132 valence electrons. The van der Waals surface area contributed by atoms with Crippen molar-refractivity contribution in [2.75, 3.05) is 0 Å². The average molecular weight is 358 g/mol. The van der Waals surface area contributed by atoms with Crippen molar-refractivity contribution in [3.05, 3.63) is 96.0 Å². The van der Waals surface area contributed by atoms with Crippen LogP contribution in [0.25, 0.3) is 22.1 Å². The van der Waals surface area contributed by atoms with Gasteiger partial charge in [-0.15, -0.1) is 0 Å². The van der Waals surface area contributed by atoms with Gasteiger partial charge in [0.25, 0.3) is 5.91 Å². The SMILES string of the molecule is O=C(N/N=C\c1ccc(-c2ccc(F)cc2)o1)c1cccc2ccccc12. The number of amides is 1. The number of hydrazone groups is 1. The van der Waals surface area contributed by atoms with Gasteiger partial charge in [0.1, 0.15) is 17.3 Å². The number of carbonyl (C=O) groups excluding carboxylic acids is 1. The molecule has 1 N–H and O–H groups in total. The van der Waals surface area contributed by atoms with Crippen molar-refractivity contribution < 1.29 is 13.6 Å². The van der Waals surface area contributed by atoms with Gasteiger partial charge in [0.05, 0.1) is 6.21 Å². The van der Waals surface area contributed by atoms with E-state index in [4.69, 9.17) is 4.42 Å². The first kappa shape index (κ1) is 16.7. The minimum absolute atomic E-state index is 0.298. The molecule has 1 aromatic heterocycles. The highest BCUT2D eigenvalue weighted by Gasteiger charge is 2.08. The molecule has 3 aromatic carbocycles. The van der Waals surface area contributed by atoms with Gasteiger partial charge in [-0.1, -0.05) is 36.4 Å². The molecule has 0 aliphatic rings. The number of furan rings is 1. The van der Waals surface area contributed by atoms with Gasteiger partial charge in [-0.25, -0.2) is 9.82 Å². The highest BCUT2D eigenvalue weighted by Crippen LogP contribution is 2.22. The van der Waals surface area contributed by atoms with Crippen LogP contribution in [0.3, 0.4) is 0 Å². The fourth-order valence-electron chi connectivity index (χ4n) is 2.83. The molecule has 0 unspecified atom stereocenters. The Labute approximate surface area is 154 Å². The van der Waals surface area contributed by atoms with Crippen LogP contribution in [0.4, 0.5) is 4.39 Å². The molecule has 4 aromatic rings. The van der Waals surface area contributed by atoms with E-state index in [1.54, 1.807) is 30.3 Å². The molecule has 1 heterocycles. The smallest absolute Gasteiger partial charge is 0.271 e. The highest BCUT2D eigenvalue weighted by molar-refractivity contribution is 6.07. The molecule has 27 heavy (non-hydrogen) atoms. The van der Waals surface area contributed by atoms with Crippen molar-refractivity contribution in [1.29, 1.82) is 0 Å². The van der Waals surface area contributed by atoms with Crippen LogP contribution >= 0.6 is 0 Å². The topological polar surface area (TPSA) is 54.6 Å². The molecule has 0 aliphatic carbocycles. The number of nitrogens with one attached hydrogen (secondary N) is 1. The zero-order valence-electron chi connectivity index (χ0n) is 14.2. The summed E-state index contributed by atoms with van der Waals surface area (Å²) in [6, 6.07) is 22.7. The van der Waals surface area contributed by atoms with Crippen molar-refractivity contribution in [2.24, 2.45) is 5.10 Å². The Bertz CT molecular complexity index is 1130. The van der Waals surface area contributed by atoms with Crippen molar-refractivity contribution >= 4 is 22.9 Å². The van der Waals surface area contributed by atoms with E-state index in [1.807, 2.05) is 36.4 Å². The lowest BCUT2D eigenvalue weighted by Crippen LogP contribution is -2.17. The van der Waals surface area contributed by atoms with E-state index in [-0.39, 0.29) is 11.7 Å². The summed E-state index contributed by atoms with van der Waals surface area (Å²) in [6.07, 6.45) is 1.43. The average Bonchev–Trinajstić information content (AvgIpc) is 3.17. The molecule has 4 rings (SSSR count). The van der Waals surface area contributed by atoms with Crippen LogP contribution in [0.1, 0.15) is 16.1 Å². The molecule has 0 bridgehead atoms. The largest absolute Gasteiger partial charge is 0.455 e. The summed E-state index contributed by atoms with van der Waals surface area (Å²) in [5.41, 5.74) is 3.83. The van der Waals surface area contributed by atoms with Crippen molar-refractivity contribution in [3.63, 3.8) is 0 Å². The molecule has 1 amide bonds. The first-order chi connectivity index (χ1) is 13.2. The van der Waals surface area contributed by atoms with Crippen molar-refractivity contribution in [1.82, 2.24) is 5.43 Å². The Hall–Kier alpha value is -3.73. The third-order valence-corrected chi connectivity index (χ3v) is 4.15. The number of hydrogen-bond acceptors (Lipinski definition) is 3. The molecule has 5 heteroatoms. The number of benzene rings is 3. The summed E-state index contributed by atoms with van der Waals surface area (Å²) in [7, 11) is 0. The lowest BCUT2D eigenvalue weighted by Gasteiger charge is -2.04. The molecule has 0 aliphatic heterocycles. The minimum atomic E-state index is -0.303. The molecule has 0 saturated heterocycles. The first-order valence-electron chi connectivity index (χ1n) is 8.38. The fraction of sp³-hybridized carbons (Fsp3) is 0. The molecule has 0 saturated carbocycles. The van der Waals surface area contributed by atoms with E-state index in [0.717, 1.165) is 16.3 Å². The van der Waals surface area contributed by atoms with E-state index in [2.05, 4.69) is 10.5 Å². The second-order valence-corrected chi connectivity index (χ2v) is 5.93. The van der Waals surface area contributed by atoms with E-state index < -0.39 is 0 Å². The minimum Gasteiger partial charge on any atom is -0.455 e. The predicted octanol–water partition coefficient (Wildman–Crippen LogP) is 5.00. The molecule has 0 spiro atoms. The standard InChI is InChI=1S/C22H15FN2O2/c23-17-10-8-16(9-11-17)21-13-12-18(27-21)14-24-25-22(26)20-7-3-5-15-4-1-2-6-19(15)20/h1-14H,(H,25,26)/b24-14-. The van der Waals surface area contributed by atoms with E-state index in [9.17, 15) is 9.18 Å². The maximum Gasteiger partial charge on any atom is 0.271 e. The van der Waals surface area contributed by atoms with Crippen LogP contribution in [0, 0.1) is 5.82 Å². The van der Waals surface area contributed by atoms with E-state index in [1.165, 1.54) is 18.3 Å². The van der Waals surface area contributed by atoms with Crippen molar-refractivity contribution in [2.45, 2.75) is 0 Å². The van der Waals surface area contributed by atoms with Crippen molar-refractivity contribution in [3.8, 4) is 11.3 Å². The number of carbonyl (C=O) groups is 1. The summed E-state index contributed by atoms with van der Waals surface area (Å²) in [4.78, 5) is 12.4. The summed E-state index contributed by atoms with van der Waals surface area (Å²) in [5, 5.41) is 5.82. The van der Waals surface area contributed by atoms with E-state index >= 15 is 0 Å². The molecule has 0 radical (unpaired) electrons. The van der Waals surface area contributed by atoms with Gasteiger partial charge in [-0.05, 0) is 53.2 Å². The monoisotopic (exact) mass is 358 g/mol. The van der Waals surface area contributed by atoms with Gasteiger partial charge >= 0.3 is 0 Å². The Balaban J connectivity index is 1.48. The number of hydrogen-bond donors (Lipinski definition) is 1. The van der Waals surface area contributed by atoms with Gasteiger partial charge < -0.3 is 4.42 Å². The quantitative estimate of drug-likeness (QED) is 0.412. The maximum absolute atomic E-state index is 13.0. The molecule has 4 nitrogen and oxygen atoms in total. The van der Waals surface area contributed by atoms with Crippen LogP contribution in [0.2, 0.25) is 0 Å². The molecule has 0 atom stereocenters. The van der Waals surface area contributed by atoms with Crippen LogP contribution in [-0.2, 0) is 0 Å². The zero-order valence-corrected chi connectivity index (χ0v) is 14.2. The Morgan fingerprint density at radius 2 is 1.70 bits per heavy atom. The van der Waals surface area contributed by atoms with Gasteiger partial charge in [-0.2, -0.15) is 5.10 Å². The lowest BCUT2D eigenvalue weighted by molar-refractivity contribution is 0.0957. The first-order valence-corrected chi connectivity index (χ1v) is 8.38. The van der Waals surface area contributed by atoms with Crippen LogP contribution in [-0.4, -0.2) is 12.1 Å². The normalized spacial score (nSPS) is 11.1. The number of nitrogens with zero attached hydrogens (tertiary/aromatic N) is 1. The van der Waals surface area contributed by atoms with E-state index in [0.29, 0.717) is 17.1 Å². The molecule has 0 fully saturated rings. The van der Waals surface area contributed by atoms with Gasteiger partial charge in [0.15, 0.2) is 0 Å². The lowest BCUT2D eigenvalue weighted by atomic mass is 10.0. The third kappa shape index (κ3) is 3.62. The molecular weight excluding hydrogens is 343 g/mol. The Morgan fingerprint density at radius 1 is 0.926 bits per heavy atom. The maximum atomic E-state index is 13.0. The van der Waals surface area contributed by atoms with Gasteiger partial charge in [-0.3, -0.25) is 4.79 Å². The number of fused-ring (bicyclic) bond motifs is 1. The Morgan fingerprint density at radius 3 is 2.56 bits per heavy atom. The van der Waals surface area contributed by atoms with Gasteiger partial charge in [0, 0.05) is 11.1 Å². The fourth-order valence-corrected chi connectivity index (χ4v) is 2.83. The number of rotatable bonds is 4. The van der Waals surface area contributed by atoms with Gasteiger partial charge in [0.2, 0.25) is 0 Å². The second kappa shape index (κ2) is 7.25. The predicted molar refractivity (Wildman–Crippen MR) is 103 cm³/mol. The highest BCUT2D eigenvalue weighted by atomic mass is 19.1. The molecular formula is C22H15FN2O2. The second-order valence-electron chi connectivity index (χ2n) is 5.93. The summed E-state index contributed by atoms with van der Waals surface area (Å²) in [5.74, 6) is 0.473. The summed E-state index contributed by atoms with van der Waals surface area (Å²) in [6.45, 7) is 0. The Kier molecular flexibility index (Phi) is 4.49. The number of halogens is 1. The van der Waals surface area contributed by atoms with Crippen LogP contribution in [0.5, 0.6) is 0 Å². The zero-order chi connectivity index (χ0) is 18.6. The van der Waals surface area contributed by atoms with Crippen LogP contribution in [0.15, 0.2) is 88.4 Å². The third-order valence-electron chi connectivity index (χ3n) is 4.15. The van der Waals surface area contributed by atoms with Crippen LogP contribution < -0.4 is 5.43 Å². The summed E-state index contributed by atoms with van der Waals surface area (Å²) < 4.78 is 18.6. The summed E-state index contributed by atoms with van der Waals surface area (Å²) >= 11 is 0.